The summed E-state index contributed by atoms with van der Waals surface area (Å²) in [7, 11) is 0. The van der Waals surface area contributed by atoms with Gasteiger partial charge in [-0.25, -0.2) is 8.78 Å². The number of carbonyl (C=O) groups is 1. The first kappa shape index (κ1) is 30.6. The Morgan fingerprint density at radius 2 is 1.86 bits per heavy atom. The molecule has 9 nitrogen and oxygen atoms in total. The van der Waals surface area contributed by atoms with Crippen LogP contribution in [-0.4, -0.2) is 33.2 Å². The van der Waals surface area contributed by atoms with Crippen molar-refractivity contribution in [3.63, 3.8) is 0 Å². The Bertz CT molecular complexity index is 1740. The highest BCUT2D eigenvalue weighted by Crippen LogP contribution is 2.44. The Morgan fingerprint density at radius 3 is 2.48 bits per heavy atom. The minimum absolute atomic E-state index is 0.0327. The van der Waals surface area contributed by atoms with E-state index in [1.807, 2.05) is 6.07 Å². The van der Waals surface area contributed by atoms with Crippen molar-refractivity contribution in [3.05, 3.63) is 77.6 Å². The molecule has 0 spiro atoms. The zero-order valence-electron chi connectivity index (χ0n) is 24.2. The van der Waals surface area contributed by atoms with E-state index in [4.69, 9.17) is 10.2 Å². The fourth-order valence-electron chi connectivity index (χ4n) is 4.87. The van der Waals surface area contributed by atoms with Crippen LogP contribution in [0.25, 0.3) is 22.7 Å². The second-order valence-electron chi connectivity index (χ2n) is 11.4. The standard InChI is InChI=1S/C31H28F4N6O3/c1-29(2,16-36)28-40-39-26(43-28)20-11-25-21(12-22(20)32)30(3,33)13-23(37)27(42)41(25)15-17-5-7-18(8-6-17)24-10-9-19(14-38-24)44-31(4,34)35/h5-12,14,23H,13,15,37H2,1-4H3/t23-,30?/m1/s1. The summed E-state index contributed by atoms with van der Waals surface area (Å²) in [6, 6.07) is 12.9. The summed E-state index contributed by atoms with van der Waals surface area (Å²) in [4.78, 5) is 19.0. The zero-order chi connectivity index (χ0) is 32.0. The van der Waals surface area contributed by atoms with E-state index in [0.29, 0.717) is 23.7 Å². The van der Waals surface area contributed by atoms with Crippen LogP contribution < -0.4 is 15.4 Å². The van der Waals surface area contributed by atoms with E-state index in [9.17, 15) is 18.8 Å². The molecule has 13 heteroatoms. The van der Waals surface area contributed by atoms with Crippen LogP contribution in [0.15, 0.2) is 59.1 Å². The molecule has 0 saturated carbocycles. The smallest absolute Gasteiger partial charge is 0.394 e. The molecule has 1 aliphatic rings. The molecule has 1 amide bonds. The number of halogens is 4. The highest BCUT2D eigenvalue weighted by Gasteiger charge is 2.42. The summed E-state index contributed by atoms with van der Waals surface area (Å²) >= 11 is 0. The summed E-state index contributed by atoms with van der Waals surface area (Å²) in [5.41, 5.74) is 4.47. The summed E-state index contributed by atoms with van der Waals surface area (Å²) in [5, 5.41) is 17.2. The molecular formula is C31H28F4N6O3. The van der Waals surface area contributed by atoms with E-state index in [2.05, 4.69) is 19.9 Å². The largest absolute Gasteiger partial charge is 0.431 e. The normalized spacial score (nSPS) is 18.9. The molecule has 44 heavy (non-hydrogen) atoms. The summed E-state index contributed by atoms with van der Waals surface area (Å²) in [6.07, 6.45) is -2.53. The number of hydrogen-bond acceptors (Lipinski definition) is 8. The molecule has 2 N–H and O–H groups in total. The number of ether oxygens (including phenoxy) is 1. The molecule has 0 aliphatic carbocycles. The van der Waals surface area contributed by atoms with Gasteiger partial charge in [-0.15, -0.1) is 10.2 Å². The minimum atomic E-state index is -3.34. The van der Waals surface area contributed by atoms with Crippen molar-refractivity contribution in [2.75, 3.05) is 4.90 Å². The van der Waals surface area contributed by atoms with E-state index < -0.39 is 35.0 Å². The number of nitrogens with zero attached hydrogens (tertiary/aromatic N) is 5. The van der Waals surface area contributed by atoms with Crippen LogP contribution >= 0.6 is 0 Å². The zero-order valence-corrected chi connectivity index (χ0v) is 24.2. The molecule has 2 aromatic carbocycles. The first-order valence-electron chi connectivity index (χ1n) is 13.6. The average molecular weight is 609 g/mol. The third-order valence-corrected chi connectivity index (χ3v) is 7.22. The third kappa shape index (κ3) is 6.12. The number of pyridine rings is 1. The fourth-order valence-corrected chi connectivity index (χ4v) is 4.87. The summed E-state index contributed by atoms with van der Waals surface area (Å²) in [6.45, 7) is 4.95. The molecular weight excluding hydrogens is 580 g/mol. The highest BCUT2D eigenvalue weighted by molar-refractivity contribution is 5.99. The number of aromatic nitrogens is 3. The number of anilines is 1. The van der Waals surface area contributed by atoms with Gasteiger partial charge in [0.1, 0.15) is 22.7 Å². The van der Waals surface area contributed by atoms with Crippen LogP contribution in [0.5, 0.6) is 5.75 Å². The first-order valence-corrected chi connectivity index (χ1v) is 13.6. The van der Waals surface area contributed by atoms with Gasteiger partial charge in [0.15, 0.2) is 0 Å². The van der Waals surface area contributed by atoms with Crippen molar-refractivity contribution in [1.82, 2.24) is 15.2 Å². The van der Waals surface area contributed by atoms with E-state index in [1.165, 1.54) is 36.2 Å². The second kappa shape index (κ2) is 11.0. The summed E-state index contributed by atoms with van der Waals surface area (Å²) < 4.78 is 67.8. The monoisotopic (exact) mass is 608 g/mol. The van der Waals surface area contributed by atoms with Gasteiger partial charge in [0, 0.05) is 24.5 Å². The van der Waals surface area contributed by atoms with Gasteiger partial charge in [0.25, 0.3) is 5.89 Å². The minimum Gasteiger partial charge on any atom is -0.431 e. The van der Waals surface area contributed by atoms with E-state index in [0.717, 1.165) is 6.07 Å². The lowest BCUT2D eigenvalue weighted by Gasteiger charge is -2.26. The van der Waals surface area contributed by atoms with Crippen molar-refractivity contribution in [3.8, 4) is 34.5 Å². The fraction of sp³-hybridized carbons (Fsp3) is 0.323. The molecule has 0 fully saturated rings. The maximum atomic E-state index is 16.0. The Labute approximate surface area is 250 Å². The Morgan fingerprint density at radius 1 is 1.16 bits per heavy atom. The number of amides is 1. The molecule has 228 valence electrons. The first-order chi connectivity index (χ1) is 20.6. The summed E-state index contributed by atoms with van der Waals surface area (Å²) in [5.74, 6) is -1.78. The Hall–Kier alpha value is -4.83. The van der Waals surface area contributed by atoms with Gasteiger partial charge >= 0.3 is 6.11 Å². The quantitative estimate of drug-likeness (QED) is 0.246. The van der Waals surface area contributed by atoms with Gasteiger partial charge in [-0.05, 0) is 50.6 Å². The van der Waals surface area contributed by atoms with Crippen molar-refractivity contribution >= 4 is 11.6 Å². The number of hydrogen-bond donors (Lipinski definition) is 1. The Balaban J connectivity index is 1.49. The van der Waals surface area contributed by atoms with Gasteiger partial charge in [-0.2, -0.15) is 14.0 Å². The topological polar surface area (TPSA) is 131 Å². The molecule has 1 aliphatic heterocycles. The van der Waals surface area contributed by atoms with Crippen molar-refractivity contribution in [2.24, 2.45) is 5.73 Å². The van der Waals surface area contributed by atoms with Crippen LogP contribution in [0, 0.1) is 17.1 Å². The maximum Gasteiger partial charge on any atom is 0.394 e. The van der Waals surface area contributed by atoms with E-state index in [1.54, 1.807) is 38.1 Å². The second-order valence-corrected chi connectivity index (χ2v) is 11.4. The number of nitrogens with two attached hydrogens (primary N) is 1. The number of fused-ring (bicyclic) bond motifs is 1. The van der Waals surface area contributed by atoms with Crippen molar-refractivity contribution in [1.29, 1.82) is 5.26 Å². The van der Waals surface area contributed by atoms with Gasteiger partial charge in [-0.1, -0.05) is 24.3 Å². The number of carbonyl (C=O) groups excluding carboxylic acids is 1. The van der Waals surface area contributed by atoms with Crippen LogP contribution in [0.4, 0.5) is 23.2 Å². The SMILES string of the molecule is CC(F)(F)Oc1ccc(-c2ccc(CN3C(=O)[C@H](N)CC(C)(F)c4cc(F)c(-c5nnc(C(C)(C)C#N)o5)cc43)cc2)nc1. The third-order valence-electron chi connectivity index (χ3n) is 7.22. The van der Waals surface area contributed by atoms with Gasteiger partial charge in [0.2, 0.25) is 11.8 Å². The van der Waals surface area contributed by atoms with E-state index in [-0.39, 0.29) is 47.3 Å². The van der Waals surface area contributed by atoms with Gasteiger partial charge in [-0.3, -0.25) is 9.78 Å². The lowest BCUT2D eigenvalue weighted by atomic mass is 9.90. The molecule has 2 aromatic heterocycles. The lowest BCUT2D eigenvalue weighted by molar-refractivity contribution is -0.159. The van der Waals surface area contributed by atoms with Crippen LogP contribution in [-0.2, 0) is 22.4 Å². The molecule has 4 aromatic rings. The molecule has 0 saturated heterocycles. The molecule has 0 bridgehead atoms. The molecule has 0 radical (unpaired) electrons. The number of benzene rings is 2. The van der Waals surface area contributed by atoms with Crippen molar-refractivity contribution < 1.29 is 31.5 Å². The number of nitriles is 1. The number of rotatable bonds is 7. The average Bonchev–Trinajstić information content (AvgIpc) is 3.44. The molecule has 3 heterocycles. The van der Waals surface area contributed by atoms with Crippen molar-refractivity contribution in [2.45, 2.75) is 63.9 Å². The van der Waals surface area contributed by atoms with Crippen LogP contribution in [0.2, 0.25) is 0 Å². The molecule has 5 rings (SSSR count). The van der Waals surface area contributed by atoms with Crippen LogP contribution in [0.3, 0.4) is 0 Å². The molecule has 2 atom stereocenters. The number of alkyl halides is 3. The predicted octanol–water partition coefficient (Wildman–Crippen LogP) is 6.18. The predicted molar refractivity (Wildman–Crippen MR) is 151 cm³/mol. The van der Waals surface area contributed by atoms with E-state index >= 15 is 8.78 Å². The van der Waals surface area contributed by atoms with Crippen LogP contribution in [0.1, 0.15) is 51.1 Å². The van der Waals surface area contributed by atoms with Gasteiger partial charge in [0.05, 0.1) is 41.8 Å². The van der Waals surface area contributed by atoms with Gasteiger partial charge < -0.3 is 19.8 Å². The Kier molecular flexibility index (Phi) is 7.67. The maximum absolute atomic E-state index is 16.0. The lowest BCUT2D eigenvalue weighted by Crippen LogP contribution is -2.43. The highest BCUT2D eigenvalue weighted by atomic mass is 19.3. The molecule has 1 unspecified atom stereocenters.